The van der Waals surface area contributed by atoms with Gasteiger partial charge in [-0.2, -0.15) is 0 Å². The molecule has 0 aliphatic rings. The minimum Gasteiger partial charge on any atom is -0.356 e. The van der Waals surface area contributed by atoms with Crippen molar-refractivity contribution in [2.45, 2.75) is 59.2 Å². The van der Waals surface area contributed by atoms with Gasteiger partial charge in [-0.1, -0.05) is 25.0 Å². The Morgan fingerprint density at radius 1 is 1.12 bits per heavy atom. The first-order chi connectivity index (χ1) is 7.63. The lowest BCUT2D eigenvalue weighted by molar-refractivity contribution is -0.108. The third kappa shape index (κ3) is 7.89. The van der Waals surface area contributed by atoms with Crippen LogP contribution in [0, 0.1) is 5.92 Å². The molecule has 2 heteroatoms. The second-order valence-corrected chi connectivity index (χ2v) is 4.61. The fourth-order valence-corrected chi connectivity index (χ4v) is 1.77. The summed E-state index contributed by atoms with van der Waals surface area (Å²) < 4.78 is 10.4. The molecule has 0 rings (SSSR count). The maximum absolute atomic E-state index is 5.18. The van der Waals surface area contributed by atoms with E-state index in [1.807, 2.05) is 0 Å². The molecule has 0 fully saturated rings. The number of hydrogen-bond acceptors (Lipinski definition) is 2. The van der Waals surface area contributed by atoms with Gasteiger partial charge in [0.05, 0.1) is 0 Å². The fourth-order valence-electron chi connectivity index (χ4n) is 1.77. The van der Waals surface area contributed by atoms with E-state index in [0.29, 0.717) is 0 Å². The van der Waals surface area contributed by atoms with E-state index in [2.05, 4.69) is 26.8 Å². The molecule has 0 saturated heterocycles. The summed E-state index contributed by atoms with van der Waals surface area (Å²) in [6.45, 7) is 6.63. The Bertz CT molecular complexity index is 183. The van der Waals surface area contributed by atoms with Gasteiger partial charge in [0.15, 0.2) is 6.29 Å². The minimum absolute atomic E-state index is 0.0280. The van der Waals surface area contributed by atoms with E-state index in [1.165, 1.54) is 31.3 Å². The molecule has 0 aromatic heterocycles. The van der Waals surface area contributed by atoms with Crippen molar-refractivity contribution in [2.75, 3.05) is 14.2 Å². The maximum atomic E-state index is 5.18. The predicted molar refractivity (Wildman–Crippen MR) is 69.5 cm³/mol. The highest BCUT2D eigenvalue weighted by Gasteiger charge is 2.08. The van der Waals surface area contributed by atoms with Crippen molar-refractivity contribution in [3.8, 4) is 0 Å². The highest BCUT2D eigenvalue weighted by molar-refractivity contribution is 4.94. The van der Waals surface area contributed by atoms with Crippen LogP contribution < -0.4 is 0 Å². The SMILES string of the molecule is CC=C(C)CCCC(C)CCC(OC)OC. The van der Waals surface area contributed by atoms with Gasteiger partial charge in [-0.15, -0.1) is 0 Å². The van der Waals surface area contributed by atoms with Crippen molar-refractivity contribution < 1.29 is 9.47 Å². The molecular weight excluding hydrogens is 200 g/mol. The van der Waals surface area contributed by atoms with Crippen LogP contribution in [0.2, 0.25) is 0 Å². The van der Waals surface area contributed by atoms with E-state index in [-0.39, 0.29) is 6.29 Å². The molecule has 0 heterocycles. The van der Waals surface area contributed by atoms with E-state index < -0.39 is 0 Å². The Kier molecular flexibility index (Phi) is 9.65. The van der Waals surface area contributed by atoms with Crippen molar-refractivity contribution in [1.82, 2.24) is 0 Å². The molecule has 0 aromatic rings. The van der Waals surface area contributed by atoms with Crippen molar-refractivity contribution in [3.05, 3.63) is 11.6 Å². The summed E-state index contributed by atoms with van der Waals surface area (Å²) in [5, 5.41) is 0. The molecule has 0 spiro atoms. The summed E-state index contributed by atoms with van der Waals surface area (Å²) >= 11 is 0. The molecule has 0 aromatic carbocycles. The molecule has 0 radical (unpaired) electrons. The average Bonchev–Trinajstić information content (AvgIpc) is 2.30. The van der Waals surface area contributed by atoms with Crippen LogP contribution in [0.15, 0.2) is 11.6 Å². The van der Waals surface area contributed by atoms with E-state index in [9.17, 15) is 0 Å². The zero-order valence-corrected chi connectivity index (χ0v) is 11.6. The van der Waals surface area contributed by atoms with E-state index in [0.717, 1.165) is 12.3 Å². The quantitative estimate of drug-likeness (QED) is 0.436. The van der Waals surface area contributed by atoms with E-state index >= 15 is 0 Å². The first-order valence-corrected chi connectivity index (χ1v) is 6.31. The van der Waals surface area contributed by atoms with Gasteiger partial charge in [0, 0.05) is 14.2 Å². The Morgan fingerprint density at radius 2 is 1.75 bits per heavy atom. The van der Waals surface area contributed by atoms with Crippen LogP contribution in [0.3, 0.4) is 0 Å². The van der Waals surface area contributed by atoms with Crippen LogP contribution in [-0.2, 0) is 9.47 Å². The van der Waals surface area contributed by atoms with Crippen molar-refractivity contribution in [3.63, 3.8) is 0 Å². The molecular formula is C14H28O2. The van der Waals surface area contributed by atoms with E-state index in [4.69, 9.17) is 9.47 Å². The maximum Gasteiger partial charge on any atom is 0.156 e. The van der Waals surface area contributed by atoms with Crippen LogP contribution in [-0.4, -0.2) is 20.5 Å². The van der Waals surface area contributed by atoms with Gasteiger partial charge >= 0.3 is 0 Å². The van der Waals surface area contributed by atoms with Gasteiger partial charge in [0.25, 0.3) is 0 Å². The summed E-state index contributed by atoms with van der Waals surface area (Å²) in [5.41, 5.74) is 1.50. The molecule has 16 heavy (non-hydrogen) atoms. The summed E-state index contributed by atoms with van der Waals surface area (Å²) in [6.07, 6.45) is 8.18. The molecule has 0 saturated carbocycles. The number of methoxy groups -OCH3 is 2. The molecule has 0 bridgehead atoms. The van der Waals surface area contributed by atoms with Crippen LogP contribution in [0.5, 0.6) is 0 Å². The number of ether oxygens (including phenoxy) is 2. The third-order valence-electron chi connectivity index (χ3n) is 3.18. The molecule has 1 unspecified atom stereocenters. The first kappa shape index (κ1) is 15.7. The smallest absolute Gasteiger partial charge is 0.156 e. The van der Waals surface area contributed by atoms with Gasteiger partial charge in [0.2, 0.25) is 0 Å². The Morgan fingerprint density at radius 3 is 2.25 bits per heavy atom. The predicted octanol–water partition coefficient (Wildman–Crippen LogP) is 4.16. The standard InChI is InChI=1S/C14H28O2/c1-6-12(2)8-7-9-13(3)10-11-14(15-4)16-5/h6,13-14H,7-11H2,1-5H3. The fraction of sp³-hybridized carbons (Fsp3) is 0.857. The Hall–Kier alpha value is -0.340. The third-order valence-corrected chi connectivity index (χ3v) is 3.18. The average molecular weight is 228 g/mol. The lowest BCUT2D eigenvalue weighted by Crippen LogP contribution is -2.14. The Balaban J connectivity index is 3.54. The second kappa shape index (κ2) is 9.86. The van der Waals surface area contributed by atoms with Gasteiger partial charge in [-0.05, 0) is 45.4 Å². The normalized spacial score (nSPS) is 14.5. The molecule has 1 atom stereocenters. The van der Waals surface area contributed by atoms with Crippen LogP contribution in [0.1, 0.15) is 52.9 Å². The number of hydrogen-bond donors (Lipinski definition) is 0. The van der Waals surface area contributed by atoms with Crippen LogP contribution in [0.25, 0.3) is 0 Å². The Labute approximate surface area is 101 Å². The van der Waals surface area contributed by atoms with Gasteiger partial charge in [0.1, 0.15) is 0 Å². The zero-order chi connectivity index (χ0) is 12.4. The van der Waals surface area contributed by atoms with Gasteiger partial charge in [-0.25, -0.2) is 0 Å². The summed E-state index contributed by atoms with van der Waals surface area (Å²) in [7, 11) is 3.41. The molecule has 0 aliphatic heterocycles. The van der Waals surface area contributed by atoms with Crippen molar-refractivity contribution >= 4 is 0 Å². The minimum atomic E-state index is -0.0280. The number of rotatable bonds is 9. The van der Waals surface area contributed by atoms with Crippen molar-refractivity contribution in [1.29, 1.82) is 0 Å². The zero-order valence-electron chi connectivity index (χ0n) is 11.6. The van der Waals surface area contributed by atoms with Gasteiger partial charge in [-0.3, -0.25) is 0 Å². The summed E-state index contributed by atoms with van der Waals surface area (Å²) in [6, 6.07) is 0. The topological polar surface area (TPSA) is 18.5 Å². The highest BCUT2D eigenvalue weighted by atomic mass is 16.7. The van der Waals surface area contributed by atoms with Crippen LogP contribution >= 0.6 is 0 Å². The summed E-state index contributed by atoms with van der Waals surface area (Å²) in [5.74, 6) is 0.762. The second-order valence-electron chi connectivity index (χ2n) is 4.61. The lowest BCUT2D eigenvalue weighted by Gasteiger charge is -2.16. The molecule has 2 nitrogen and oxygen atoms in total. The highest BCUT2D eigenvalue weighted by Crippen LogP contribution is 2.18. The molecule has 96 valence electrons. The van der Waals surface area contributed by atoms with Gasteiger partial charge < -0.3 is 9.47 Å². The lowest BCUT2D eigenvalue weighted by atomic mass is 9.97. The summed E-state index contributed by atoms with van der Waals surface area (Å²) in [4.78, 5) is 0. The molecule has 0 aliphatic carbocycles. The molecule has 0 N–H and O–H groups in total. The number of allylic oxidation sites excluding steroid dienone is 2. The molecule has 0 amide bonds. The largest absolute Gasteiger partial charge is 0.356 e. The monoisotopic (exact) mass is 228 g/mol. The van der Waals surface area contributed by atoms with Crippen LogP contribution in [0.4, 0.5) is 0 Å². The van der Waals surface area contributed by atoms with Crippen molar-refractivity contribution in [2.24, 2.45) is 5.92 Å². The first-order valence-electron chi connectivity index (χ1n) is 6.31. The van der Waals surface area contributed by atoms with E-state index in [1.54, 1.807) is 14.2 Å².